The Kier molecular flexibility index (Phi) is 5.52. The van der Waals surface area contributed by atoms with E-state index in [1.807, 2.05) is 23.4 Å². The molecule has 3 fully saturated rings. The number of aliphatic hydroxyl groups is 1. The first kappa shape index (κ1) is 17.9. The molecule has 1 aromatic heterocycles. The van der Waals surface area contributed by atoms with Crippen LogP contribution in [0.3, 0.4) is 0 Å². The van der Waals surface area contributed by atoms with Crippen molar-refractivity contribution in [3.05, 3.63) is 30.1 Å². The van der Waals surface area contributed by atoms with Crippen molar-refractivity contribution in [2.45, 2.75) is 44.4 Å². The number of amides is 1. The van der Waals surface area contributed by atoms with Crippen molar-refractivity contribution in [2.24, 2.45) is 5.92 Å². The van der Waals surface area contributed by atoms with Crippen molar-refractivity contribution in [1.82, 2.24) is 19.7 Å². The highest BCUT2D eigenvalue weighted by molar-refractivity contribution is 5.80. The average molecular weight is 358 g/mol. The first-order valence-electron chi connectivity index (χ1n) is 10.0. The fourth-order valence-corrected chi connectivity index (χ4v) is 4.63. The van der Waals surface area contributed by atoms with Gasteiger partial charge in [-0.2, -0.15) is 0 Å². The molecule has 0 spiro atoms. The maximum atomic E-state index is 12.6. The van der Waals surface area contributed by atoms with Gasteiger partial charge in [0, 0.05) is 44.6 Å². The van der Waals surface area contributed by atoms with Gasteiger partial charge in [-0.05, 0) is 56.9 Å². The van der Waals surface area contributed by atoms with Gasteiger partial charge in [0.1, 0.15) is 0 Å². The van der Waals surface area contributed by atoms with Crippen LogP contribution in [-0.4, -0.2) is 82.1 Å². The van der Waals surface area contributed by atoms with Gasteiger partial charge in [0.25, 0.3) is 0 Å². The lowest BCUT2D eigenvalue weighted by molar-refractivity contribution is -0.148. The number of aliphatic hydroxyl groups excluding tert-OH is 1. The first-order chi connectivity index (χ1) is 12.7. The second-order valence-electron chi connectivity index (χ2n) is 8.10. The number of β-amino-alcohol motifs (C(OH)–C–C–N with tert-alkyl or cyclic N) is 1. The number of pyridine rings is 1. The molecule has 1 amide bonds. The fourth-order valence-electron chi connectivity index (χ4n) is 4.63. The van der Waals surface area contributed by atoms with E-state index in [1.165, 1.54) is 18.4 Å². The van der Waals surface area contributed by atoms with Gasteiger partial charge >= 0.3 is 0 Å². The Morgan fingerprint density at radius 3 is 2.65 bits per heavy atom. The molecular weight excluding hydrogens is 328 g/mol. The minimum Gasteiger partial charge on any atom is -0.389 e. The number of hydrogen-bond acceptors (Lipinski definition) is 5. The Labute approximate surface area is 155 Å². The van der Waals surface area contributed by atoms with Crippen LogP contribution in [0.2, 0.25) is 0 Å². The van der Waals surface area contributed by atoms with E-state index in [1.54, 1.807) is 0 Å². The SMILES string of the molecule is O=C([C@@H]1CCCN(C2CCN(Cc3cccnc3)CC2)C1)N1CC(O)C1. The van der Waals surface area contributed by atoms with Gasteiger partial charge in [-0.15, -0.1) is 0 Å². The Bertz CT molecular complexity index is 597. The van der Waals surface area contributed by atoms with E-state index in [2.05, 4.69) is 20.9 Å². The summed E-state index contributed by atoms with van der Waals surface area (Å²) in [6.45, 7) is 6.31. The normalized spacial score (nSPS) is 26.7. The predicted molar refractivity (Wildman–Crippen MR) is 99.4 cm³/mol. The van der Waals surface area contributed by atoms with Crippen LogP contribution in [0.5, 0.6) is 0 Å². The number of piperidine rings is 2. The van der Waals surface area contributed by atoms with Gasteiger partial charge in [-0.25, -0.2) is 0 Å². The molecule has 3 aliphatic rings. The van der Waals surface area contributed by atoms with Crippen molar-refractivity contribution in [3.8, 4) is 0 Å². The van der Waals surface area contributed by atoms with Crippen LogP contribution in [0.25, 0.3) is 0 Å². The summed E-state index contributed by atoms with van der Waals surface area (Å²) in [5.41, 5.74) is 1.28. The third kappa shape index (κ3) is 4.08. The van der Waals surface area contributed by atoms with Gasteiger partial charge in [0.15, 0.2) is 0 Å². The highest BCUT2D eigenvalue weighted by Gasteiger charge is 2.37. The van der Waals surface area contributed by atoms with E-state index in [0.717, 1.165) is 45.6 Å². The lowest BCUT2D eigenvalue weighted by Gasteiger charge is -2.44. The molecular formula is C20H30N4O2. The Balaban J connectivity index is 1.25. The number of carbonyl (C=O) groups excluding carboxylic acids is 1. The van der Waals surface area contributed by atoms with Crippen LogP contribution in [-0.2, 0) is 11.3 Å². The molecule has 1 aromatic rings. The summed E-state index contributed by atoms with van der Waals surface area (Å²) in [5, 5.41) is 9.44. The maximum absolute atomic E-state index is 12.6. The molecule has 0 radical (unpaired) electrons. The van der Waals surface area contributed by atoms with Crippen molar-refractivity contribution in [3.63, 3.8) is 0 Å². The summed E-state index contributed by atoms with van der Waals surface area (Å²) in [7, 11) is 0. The quantitative estimate of drug-likeness (QED) is 0.869. The molecule has 3 saturated heterocycles. The molecule has 142 valence electrons. The molecule has 1 atom stereocenters. The van der Waals surface area contributed by atoms with Crippen molar-refractivity contribution in [1.29, 1.82) is 0 Å². The van der Waals surface area contributed by atoms with E-state index >= 15 is 0 Å². The highest BCUT2D eigenvalue weighted by Crippen LogP contribution is 2.26. The second-order valence-corrected chi connectivity index (χ2v) is 8.10. The zero-order valence-electron chi connectivity index (χ0n) is 15.5. The van der Waals surface area contributed by atoms with E-state index in [4.69, 9.17) is 0 Å². The number of rotatable bonds is 4. The molecule has 6 heteroatoms. The number of hydrogen-bond donors (Lipinski definition) is 1. The van der Waals surface area contributed by atoms with Gasteiger partial charge in [-0.3, -0.25) is 19.6 Å². The van der Waals surface area contributed by atoms with Crippen LogP contribution in [0.4, 0.5) is 0 Å². The zero-order chi connectivity index (χ0) is 17.9. The van der Waals surface area contributed by atoms with Crippen LogP contribution in [0, 0.1) is 5.92 Å². The summed E-state index contributed by atoms with van der Waals surface area (Å²) in [6.07, 6.45) is 7.96. The smallest absolute Gasteiger partial charge is 0.227 e. The van der Waals surface area contributed by atoms with Crippen molar-refractivity contribution < 1.29 is 9.90 Å². The summed E-state index contributed by atoms with van der Waals surface area (Å²) >= 11 is 0. The standard InChI is InChI=1S/C20H30N4O2/c25-19-14-24(15-19)20(26)17-4-2-8-23(13-17)18-5-9-22(10-6-18)12-16-3-1-7-21-11-16/h1,3,7,11,17-19,25H,2,4-6,8-10,12-15H2/t17-/m1/s1. The summed E-state index contributed by atoms with van der Waals surface area (Å²) in [4.78, 5) is 23.7. The summed E-state index contributed by atoms with van der Waals surface area (Å²) < 4.78 is 0. The predicted octanol–water partition coefficient (Wildman–Crippen LogP) is 0.961. The van der Waals surface area contributed by atoms with Gasteiger partial charge < -0.3 is 10.0 Å². The minimum absolute atomic E-state index is 0.129. The number of aromatic nitrogens is 1. The van der Waals surface area contributed by atoms with E-state index in [-0.39, 0.29) is 17.9 Å². The molecule has 4 heterocycles. The van der Waals surface area contributed by atoms with Crippen LogP contribution in [0.15, 0.2) is 24.5 Å². The van der Waals surface area contributed by atoms with Gasteiger partial charge in [0.2, 0.25) is 5.91 Å². The van der Waals surface area contributed by atoms with Gasteiger partial charge in [0.05, 0.1) is 12.0 Å². The first-order valence-corrected chi connectivity index (χ1v) is 10.0. The number of likely N-dealkylation sites (tertiary alicyclic amines) is 3. The van der Waals surface area contributed by atoms with E-state index < -0.39 is 0 Å². The molecule has 26 heavy (non-hydrogen) atoms. The average Bonchev–Trinajstić information content (AvgIpc) is 2.66. The molecule has 1 N–H and O–H groups in total. The minimum atomic E-state index is -0.303. The highest BCUT2D eigenvalue weighted by atomic mass is 16.3. The second kappa shape index (κ2) is 8.03. The van der Waals surface area contributed by atoms with E-state index in [0.29, 0.717) is 19.1 Å². The Morgan fingerprint density at radius 2 is 1.96 bits per heavy atom. The molecule has 3 aliphatic heterocycles. The van der Waals surface area contributed by atoms with E-state index in [9.17, 15) is 9.90 Å². The molecule has 6 nitrogen and oxygen atoms in total. The third-order valence-corrected chi connectivity index (χ3v) is 6.18. The molecule has 0 aliphatic carbocycles. The monoisotopic (exact) mass is 358 g/mol. The number of nitrogens with zero attached hydrogens (tertiary/aromatic N) is 4. The lowest BCUT2D eigenvalue weighted by Crippen LogP contribution is -2.58. The summed E-state index contributed by atoms with van der Waals surface area (Å²) in [6, 6.07) is 4.76. The number of carbonyl (C=O) groups is 1. The summed E-state index contributed by atoms with van der Waals surface area (Å²) in [5.74, 6) is 0.388. The molecule has 0 unspecified atom stereocenters. The topological polar surface area (TPSA) is 59.9 Å². The molecule has 0 aromatic carbocycles. The van der Waals surface area contributed by atoms with Gasteiger partial charge in [-0.1, -0.05) is 6.07 Å². The van der Waals surface area contributed by atoms with Crippen LogP contribution in [0.1, 0.15) is 31.2 Å². The van der Waals surface area contributed by atoms with Crippen LogP contribution >= 0.6 is 0 Å². The Morgan fingerprint density at radius 1 is 1.15 bits per heavy atom. The molecule has 0 bridgehead atoms. The zero-order valence-corrected chi connectivity index (χ0v) is 15.5. The van der Waals surface area contributed by atoms with Crippen molar-refractivity contribution >= 4 is 5.91 Å². The molecule has 4 rings (SSSR count). The van der Waals surface area contributed by atoms with Crippen molar-refractivity contribution in [2.75, 3.05) is 39.3 Å². The third-order valence-electron chi connectivity index (χ3n) is 6.18. The largest absolute Gasteiger partial charge is 0.389 e. The lowest BCUT2D eigenvalue weighted by atomic mass is 9.92. The van der Waals surface area contributed by atoms with Crippen LogP contribution < -0.4 is 0 Å². The Hall–Kier alpha value is -1.50. The maximum Gasteiger partial charge on any atom is 0.227 e. The fraction of sp³-hybridized carbons (Fsp3) is 0.700. The molecule has 0 saturated carbocycles.